The van der Waals surface area contributed by atoms with Crippen LogP contribution in [-0.4, -0.2) is 5.24 Å². The van der Waals surface area contributed by atoms with E-state index in [4.69, 9.17) is 39.5 Å². The standard InChI is InChI=1S/C16H10Cl3F3O2/c17-12-4-3-11(7-9(12)1-6-15(19)23)24-14-5-2-10(8-13(14)18)16(20,21)22/h2-5,7-8H,1,6H2. The molecule has 0 heterocycles. The summed E-state index contributed by atoms with van der Waals surface area (Å²) in [6.45, 7) is 0. The van der Waals surface area contributed by atoms with Gasteiger partial charge in [-0.05, 0) is 60.0 Å². The molecule has 8 heteroatoms. The molecule has 0 atom stereocenters. The Morgan fingerprint density at radius 1 is 1.04 bits per heavy atom. The van der Waals surface area contributed by atoms with E-state index in [-0.39, 0.29) is 17.2 Å². The summed E-state index contributed by atoms with van der Waals surface area (Å²) in [4.78, 5) is 10.8. The van der Waals surface area contributed by atoms with Crippen molar-refractivity contribution in [3.05, 3.63) is 57.6 Å². The van der Waals surface area contributed by atoms with Crippen molar-refractivity contribution < 1.29 is 22.7 Å². The van der Waals surface area contributed by atoms with E-state index in [0.717, 1.165) is 18.2 Å². The SMILES string of the molecule is O=C(Cl)CCc1cc(Oc2ccc(C(F)(F)F)cc2Cl)ccc1Cl. The van der Waals surface area contributed by atoms with Crippen LogP contribution in [-0.2, 0) is 17.4 Å². The monoisotopic (exact) mass is 396 g/mol. The molecule has 2 nitrogen and oxygen atoms in total. The topological polar surface area (TPSA) is 26.3 Å². The first-order valence-electron chi connectivity index (χ1n) is 6.68. The van der Waals surface area contributed by atoms with Gasteiger partial charge in [-0.25, -0.2) is 0 Å². The largest absolute Gasteiger partial charge is 0.456 e. The number of ether oxygens (including phenoxy) is 1. The zero-order chi connectivity index (χ0) is 17.9. The van der Waals surface area contributed by atoms with Gasteiger partial charge in [-0.1, -0.05) is 23.2 Å². The molecule has 0 N–H and O–H groups in total. The van der Waals surface area contributed by atoms with Crippen molar-refractivity contribution in [2.75, 3.05) is 0 Å². The van der Waals surface area contributed by atoms with Crippen molar-refractivity contribution in [3.63, 3.8) is 0 Å². The number of aryl methyl sites for hydroxylation is 1. The van der Waals surface area contributed by atoms with E-state index < -0.39 is 17.0 Å². The predicted molar refractivity (Wildman–Crippen MR) is 87.2 cm³/mol. The lowest BCUT2D eigenvalue weighted by molar-refractivity contribution is -0.137. The first kappa shape index (κ1) is 18.9. The van der Waals surface area contributed by atoms with Gasteiger partial charge >= 0.3 is 6.18 Å². The number of rotatable bonds is 5. The molecule has 128 valence electrons. The third-order valence-corrected chi connectivity index (χ3v) is 3.95. The van der Waals surface area contributed by atoms with E-state index in [0.29, 0.717) is 22.8 Å². The lowest BCUT2D eigenvalue weighted by Gasteiger charge is -2.12. The minimum absolute atomic E-state index is 0.0753. The van der Waals surface area contributed by atoms with Crippen LogP contribution in [0.4, 0.5) is 13.2 Å². The van der Waals surface area contributed by atoms with Crippen molar-refractivity contribution >= 4 is 40.0 Å². The van der Waals surface area contributed by atoms with Crippen LogP contribution in [0, 0.1) is 0 Å². The maximum atomic E-state index is 12.6. The molecule has 0 spiro atoms. The van der Waals surface area contributed by atoms with E-state index in [9.17, 15) is 18.0 Å². The Labute approximate surface area is 151 Å². The summed E-state index contributed by atoms with van der Waals surface area (Å²) < 4.78 is 43.4. The zero-order valence-electron chi connectivity index (χ0n) is 12.0. The van der Waals surface area contributed by atoms with Crippen LogP contribution in [0.25, 0.3) is 0 Å². The number of hydrogen-bond acceptors (Lipinski definition) is 2. The molecule has 0 aromatic heterocycles. The Hall–Kier alpha value is -1.43. The molecule has 0 unspecified atom stereocenters. The Morgan fingerprint density at radius 3 is 2.33 bits per heavy atom. The molecule has 0 saturated heterocycles. The predicted octanol–water partition coefficient (Wildman–Crippen LogP) is 6.50. The maximum absolute atomic E-state index is 12.6. The average molecular weight is 398 g/mol. The molecule has 0 aliphatic carbocycles. The molecule has 2 aromatic carbocycles. The fourth-order valence-electron chi connectivity index (χ4n) is 1.93. The lowest BCUT2D eigenvalue weighted by Crippen LogP contribution is -2.04. The van der Waals surface area contributed by atoms with Crippen LogP contribution in [0.3, 0.4) is 0 Å². The number of hydrogen-bond donors (Lipinski definition) is 0. The van der Waals surface area contributed by atoms with Crippen LogP contribution in [0.15, 0.2) is 36.4 Å². The molecule has 0 bridgehead atoms. The Balaban J connectivity index is 2.22. The van der Waals surface area contributed by atoms with Gasteiger partial charge in [0, 0.05) is 11.4 Å². The Morgan fingerprint density at radius 2 is 1.75 bits per heavy atom. The molecular formula is C16H10Cl3F3O2. The van der Waals surface area contributed by atoms with E-state index >= 15 is 0 Å². The number of alkyl halides is 3. The molecule has 0 aliphatic heterocycles. The van der Waals surface area contributed by atoms with Crippen LogP contribution < -0.4 is 4.74 Å². The minimum atomic E-state index is -4.48. The molecule has 0 radical (unpaired) electrons. The first-order chi connectivity index (χ1) is 11.2. The fraction of sp³-hybridized carbons (Fsp3) is 0.188. The zero-order valence-corrected chi connectivity index (χ0v) is 14.2. The van der Waals surface area contributed by atoms with Crippen LogP contribution in [0.2, 0.25) is 10.0 Å². The third-order valence-electron chi connectivity index (χ3n) is 3.10. The van der Waals surface area contributed by atoms with Crippen molar-refractivity contribution in [1.82, 2.24) is 0 Å². The second-order valence-electron chi connectivity index (χ2n) is 4.85. The number of benzene rings is 2. The third kappa shape index (κ3) is 5.03. The first-order valence-corrected chi connectivity index (χ1v) is 7.81. The lowest BCUT2D eigenvalue weighted by atomic mass is 10.1. The summed E-state index contributed by atoms with van der Waals surface area (Å²) >= 11 is 17.2. The van der Waals surface area contributed by atoms with Crippen molar-refractivity contribution in [2.24, 2.45) is 0 Å². The van der Waals surface area contributed by atoms with Gasteiger partial charge < -0.3 is 4.74 Å². The molecule has 0 amide bonds. The van der Waals surface area contributed by atoms with Gasteiger partial charge in [-0.3, -0.25) is 4.79 Å². The second-order valence-corrected chi connectivity index (χ2v) is 6.09. The van der Waals surface area contributed by atoms with Gasteiger partial charge in [0.05, 0.1) is 10.6 Å². The van der Waals surface area contributed by atoms with Gasteiger partial charge in [0.15, 0.2) is 0 Å². The molecule has 0 aliphatic rings. The number of carbonyl (C=O) groups excluding carboxylic acids is 1. The van der Waals surface area contributed by atoms with E-state index in [1.54, 1.807) is 18.2 Å². The summed E-state index contributed by atoms with van der Waals surface area (Å²) in [6, 6.07) is 7.49. The molecular weight excluding hydrogens is 388 g/mol. The summed E-state index contributed by atoms with van der Waals surface area (Å²) in [5.41, 5.74) is -0.233. The van der Waals surface area contributed by atoms with Crippen LogP contribution in [0.5, 0.6) is 11.5 Å². The highest BCUT2D eigenvalue weighted by atomic mass is 35.5. The molecule has 0 saturated carbocycles. The Kier molecular flexibility index (Phi) is 6.01. The van der Waals surface area contributed by atoms with Crippen molar-refractivity contribution in [2.45, 2.75) is 19.0 Å². The second kappa shape index (κ2) is 7.64. The van der Waals surface area contributed by atoms with Crippen LogP contribution in [0.1, 0.15) is 17.5 Å². The van der Waals surface area contributed by atoms with Crippen molar-refractivity contribution in [3.8, 4) is 11.5 Å². The molecule has 24 heavy (non-hydrogen) atoms. The number of carbonyl (C=O) groups is 1. The van der Waals surface area contributed by atoms with Gasteiger partial charge in [0.1, 0.15) is 11.5 Å². The average Bonchev–Trinajstić information content (AvgIpc) is 2.48. The molecule has 2 rings (SSSR count). The number of halogens is 6. The van der Waals surface area contributed by atoms with Crippen LogP contribution >= 0.6 is 34.8 Å². The highest BCUT2D eigenvalue weighted by Gasteiger charge is 2.31. The highest BCUT2D eigenvalue weighted by Crippen LogP contribution is 2.37. The molecule has 0 fully saturated rings. The smallest absolute Gasteiger partial charge is 0.416 e. The summed E-state index contributed by atoms with van der Waals surface area (Å²) in [7, 11) is 0. The summed E-state index contributed by atoms with van der Waals surface area (Å²) in [6.07, 6.45) is -4.06. The van der Waals surface area contributed by atoms with Gasteiger partial charge in [0.25, 0.3) is 0 Å². The fourth-order valence-corrected chi connectivity index (χ4v) is 2.45. The van der Waals surface area contributed by atoms with Crippen molar-refractivity contribution in [1.29, 1.82) is 0 Å². The quantitative estimate of drug-likeness (QED) is 0.538. The summed E-state index contributed by atoms with van der Waals surface area (Å²) in [5.74, 6) is 0.407. The van der Waals surface area contributed by atoms with Gasteiger partial charge in [0.2, 0.25) is 5.24 Å². The van der Waals surface area contributed by atoms with Gasteiger partial charge in [-0.15, -0.1) is 0 Å². The minimum Gasteiger partial charge on any atom is -0.456 e. The van der Waals surface area contributed by atoms with E-state index in [1.807, 2.05) is 0 Å². The normalized spacial score (nSPS) is 11.4. The Bertz CT molecular complexity index is 761. The van der Waals surface area contributed by atoms with E-state index in [1.165, 1.54) is 0 Å². The molecule has 2 aromatic rings. The summed E-state index contributed by atoms with van der Waals surface area (Å²) in [5, 5.41) is -0.237. The maximum Gasteiger partial charge on any atom is 0.416 e. The van der Waals surface area contributed by atoms with E-state index in [2.05, 4.69) is 0 Å². The van der Waals surface area contributed by atoms with Gasteiger partial charge in [-0.2, -0.15) is 13.2 Å². The highest BCUT2D eigenvalue weighted by molar-refractivity contribution is 6.63.